The summed E-state index contributed by atoms with van der Waals surface area (Å²) in [5.74, 6) is 0.407. The van der Waals surface area contributed by atoms with E-state index in [1.807, 2.05) is 10.3 Å². The Balaban J connectivity index is 0.00000196. The van der Waals surface area contributed by atoms with Crippen LogP contribution in [0.25, 0.3) is 0 Å². The van der Waals surface area contributed by atoms with E-state index in [0.717, 1.165) is 39.0 Å². The van der Waals surface area contributed by atoms with Crippen molar-refractivity contribution in [1.29, 1.82) is 0 Å². The smallest absolute Gasteiger partial charge is 0.266 e. The molecule has 1 aliphatic heterocycles. The third-order valence-corrected chi connectivity index (χ3v) is 5.54. The van der Waals surface area contributed by atoms with Crippen molar-refractivity contribution < 1.29 is 9.59 Å². The lowest BCUT2D eigenvalue weighted by atomic mass is 9.96. The molecule has 0 aromatic carbocycles. The van der Waals surface area contributed by atoms with Gasteiger partial charge in [0.15, 0.2) is 0 Å². The number of carbonyl (C=O) groups is 2. The second-order valence-corrected chi connectivity index (χ2v) is 7.31. The summed E-state index contributed by atoms with van der Waals surface area (Å²) in [7, 11) is 0. The van der Waals surface area contributed by atoms with E-state index < -0.39 is 0 Å². The van der Waals surface area contributed by atoms with Crippen molar-refractivity contribution in [2.75, 3.05) is 31.5 Å². The van der Waals surface area contributed by atoms with Crippen LogP contribution < -0.4 is 10.6 Å². The van der Waals surface area contributed by atoms with Crippen LogP contribution in [-0.4, -0.2) is 47.9 Å². The number of amides is 2. The Bertz CT molecular complexity index is 749. The first-order valence-electron chi connectivity index (χ1n) is 8.98. The third-order valence-electron chi connectivity index (χ3n) is 4.63. The van der Waals surface area contributed by atoms with E-state index in [1.165, 1.54) is 11.3 Å². The van der Waals surface area contributed by atoms with Gasteiger partial charge in [0.1, 0.15) is 4.88 Å². The number of thiophene rings is 1. The van der Waals surface area contributed by atoms with Crippen molar-refractivity contribution in [2.24, 2.45) is 5.92 Å². The van der Waals surface area contributed by atoms with Gasteiger partial charge >= 0.3 is 0 Å². The van der Waals surface area contributed by atoms with Crippen molar-refractivity contribution in [1.82, 2.24) is 15.2 Å². The van der Waals surface area contributed by atoms with Crippen LogP contribution in [0, 0.1) is 5.92 Å². The van der Waals surface area contributed by atoms with Gasteiger partial charge in [-0.15, -0.1) is 36.2 Å². The van der Waals surface area contributed by atoms with Gasteiger partial charge in [-0.3, -0.25) is 14.6 Å². The molecule has 0 bridgehead atoms. The number of hydrogen-bond donors (Lipinski definition) is 2. The van der Waals surface area contributed by atoms with Crippen LogP contribution in [0.1, 0.15) is 39.8 Å². The highest BCUT2D eigenvalue weighted by Gasteiger charge is 2.26. The average Bonchev–Trinajstić information content (AvgIpc) is 3.15. The highest BCUT2D eigenvalue weighted by molar-refractivity contribution is 7.12. The number of rotatable bonds is 6. The Morgan fingerprint density at radius 2 is 1.86 bits per heavy atom. The minimum Gasteiger partial charge on any atom is -0.338 e. The Kier molecular flexibility index (Phi) is 10.5. The van der Waals surface area contributed by atoms with Gasteiger partial charge in [0.2, 0.25) is 0 Å². The fourth-order valence-corrected chi connectivity index (χ4v) is 3.92. The van der Waals surface area contributed by atoms with E-state index in [9.17, 15) is 9.59 Å². The van der Waals surface area contributed by atoms with E-state index in [1.54, 1.807) is 30.6 Å². The standard InChI is InChI=1S/C19H24N4O2S.2ClH/c1-2-20-13-14-5-10-23(11-6-14)19(25)17-16(7-12-26-17)22-18(24)15-3-8-21-9-4-15;;/h3-4,7-9,12,14,20H,2,5-6,10-11,13H2,1H3,(H,22,24);2*1H. The van der Waals surface area contributed by atoms with Crippen molar-refractivity contribution in [3.63, 3.8) is 0 Å². The lowest BCUT2D eigenvalue weighted by molar-refractivity contribution is 0.0696. The summed E-state index contributed by atoms with van der Waals surface area (Å²) in [5, 5.41) is 8.07. The molecule has 3 heterocycles. The van der Waals surface area contributed by atoms with Gasteiger partial charge in [0.25, 0.3) is 11.8 Å². The highest BCUT2D eigenvalue weighted by Crippen LogP contribution is 2.27. The first-order chi connectivity index (χ1) is 12.7. The molecule has 6 nitrogen and oxygen atoms in total. The maximum atomic E-state index is 12.9. The van der Waals surface area contributed by atoms with Crippen LogP contribution >= 0.6 is 36.2 Å². The number of nitrogens with one attached hydrogen (secondary N) is 2. The van der Waals surface area contributed by atoms with Crippen LogP contribution in [-0.2, 0) is 0 Å². The zero-order valence-electron chi connectivity index (χ0n) is 15.7. The Morgan fingerprint density at radius 1 is 1.18 bits per heavy atom. The zero-order valence-corrected chi connectivity index (χ0v) is 18.2. The van der Waals surface area contributed by atoms with Crippen molar-refractivity contribution >= 4 is 53.7 Å². The molecule has 2 amide bonds. The molecular formula is C19H26Cl2N4O2S. The van der Waals surface area contributed by atoms with E-state index in [-0.39, 0.29) is 36.6 Å². The lowest BCUT2D eigenvalue weighted by Gasteiger charge is -2.32. The number of pyridine rings is 1. The molecule has 0 spiro atoms. The molecule has 1 fully saturated rings. The van der Waals surface area contributed by atoms with Crippen molar-refractivity contribution in [2.45, 2.75) is 19.8 Å². The van der Waals surface area contributed by atoms with E-state index in [2.05, 4.69) is 22.5 Å². The maximum Gasteiger partial charge on any atom is 0.266 e. The first kappa shape index (κ1) is 24.4. The van der Waals surface area contributed by atoms with Gasteiger partial charge in [0.05, 0.1) is 5.69 Å². The molecule has 0 aliphatic carbocycles. The number of halogens is 2. The molecule has 2 N–H and O–H groups in total. The summed E-state index contributed by atoms with van der Waals surface area (Å²) in [5.41, 5.74) is 1.10. The summed E-state index contributed by atoms with van der Waals surface area (Å²) in [4.78, 5) is 31.6. The summed E-state index contributed by atoms with van der Waals surface area (Å²) in [6.07, 6.45) is 5.18. The molecule has 154 valence electrons. The maximum absolute atomic E-state index is 12.9. The fourth-order valence-electron chi connectivity index (χ4n) is 3.10. The van der Waals surface area contributed by atoms with Crippen LogP contribution in [0.3, 0.4) is 0 Å². The van der Waals surface area contributed by atoms with Crippen molar-refractivity contribution in [3.05, 3.63) is 46.4 Å². The lowest BCUT2D eigenvalue weighted by Crippen LogP contribution is -2.40. The van der Waals surface area contributed by atoms with Crippen LogP contribution in [0.4, 0.5) is 5.69 Å². The SMILES string of the molecule is CCNCC1CCN(C(=O)c2sccc2NC(=O)c2ccncc2)CC1.Cl.Cl. The molecule has 0 saturated carbocycles. The van der Waals surface area contributed by atoms with Crippen LogP contribution in [0.2, 0.25) is 0 Å². The van der Waals surface area contributed by atoms with Gasteiger partial charge in [-0.05, 0) is 55.4 Å². The minimum atomic E-state index is -0.232. The Hall–Kier alpha value is -1.67. The van der Waals surface area contributed by atoms with Gasteiger partial charge in [-0.2, -0.15) is 0 Å². The molecule has 0 radical (unpaired) electrons. The zero-order chi connectivity index (χ0) is 18.4. The molecule has 1 saturated heterocycles. The summed E-state index contributed by atoms with van der Waals surface area (Å²) in [6.45, 7) is 5.64. The second kappa shape index (κ2) is 12.0. The number of anilines is 1. The monoisotopic (exact) mass is 444 g/mol. The van der Waals surface area contributed by atoms with Crippen molar-refractivity contribution in [3.8, 4) is 0 Å². The normalized spacial score (nSPS) is 14.0. The molecular weight excluding hydrogens is 419 g/mol. The second-order valence-electron chi connectivity index (χ2n) is 6.40. The molecule has 2 aromatic rings. The van der Waals surface area contributed by atoms with Crippen LogP contribution in [0.5, 0.6) is 0 Å². The van der Waals surface area contributed by atoms with Gasteiger partial charge in [-0.1, -0.05) is 6.92 Å². The molecule has 0 atom stereocenters. The summed E-state index contributed by atoms with van der Waals surface area (Å²) in [6, 6.07) is 5.09. The number of aromatic nitrogens is 1. The number of piperidine rings is 1. The highest BCUT2D eigenvalue weighted by atomic mass is 35.5. The molecule has 3 rings (SSSR count). The third kappa shape index (κ3) is 6.17. The predicted octanol–water partition coefficient (Wildman–Crippen LogP) is 3.70. The molecule has 1 aliphatic rings. The Labute approximate surface area is 181 Å². The predicted molar refractivity (Wildman–Crippen MR) is 118 cm³/mol. The molecule has 0 unspecified atom stereocenters. The largest absolute Gasteiger partial charge is 0.338 e. The molecule has 28 heavy (non-hydrogen) atoms. The topological polar surface area (TPSA) is 74.3 Å². The number of carbonyl (C=O) groups excluding carboxylic acids is 2. The number of likely N-dealkylation sites (tertiary alicyclic amines) is 1. The average molecular weight is 445 g/mol. The van der Waals surface area contributed by atoms with Gasteiger partial charge in [0, 0.05) is 31.0 Å². The Morgan fingerprint density at radius 3 is 2.50 bits per heavy atom. The quantitative estimate of drug-likeness (QED) is 0.711. The fraction of sp³-hybridized carbons (Fsp3) is 0.421. The summed E-state index contributed by atoms with van der Waals surface area (Å²) < 4.78 is 0. The van der Waals surface area contributed by atoms with E-state index in [0.29, 0.717) is 22.0 Å². The number of nitrogens with zero attached hydrogens (tertiary/aromatic N) is 2. The molecule has 2 aromatic heterocycles. The summed E-state index contributed by atoms with van der Waals surface area (Å²) >= 11 is 1.37. The molecule has 9 heteroatoms. The van der Waals surface area contributed by atoms with Gasteiger partial charge < -0.3 is 15.5 Å². The van der Waals surface area contributed by atoms with E-state index >= 15 is 0 Å². The van der Waals surface area contributed by atoms with Gasteiger partial charge in [-0.25, -0.2) is 0 Å². The van der Waals surface area contributed by atoms with E-state index in [4.69, 9.17) is 0 Å². The van der Waals surface area contributed by atoms with Crippen LogP contribution in [0.15, 0.2) is 36.0 Å². The first-order valence-corrected chi connectivity index (χ1v) is 9.86. The number of hydrogen-bond acceptors (Lipinski definition) is 5. The minimum absolute atomic E-state index is 0.